The van der Waals surface area contributed by atoms with E-state index in [0.717, 1.165) is 0 Å². The van der Waals surface area contributed by atoms with E-state index in [1.54, 1.807) is 4.90 Å². The number of amides is 1. The van der Waals surface area contributed by atoms with Crippen LogP contribution in [0.15, 0.2) is 12.2 Å². The van der Waals surface area contributed by atoms with E-state index in [9.17, 15) is 9.59 Å². The van der Waals surface area contributed by atoms with Gasteiger partial charge in [0.1, 0.15) is 11.7 Å². The minimum atomic E-state index is -0.536. The highest BCUT2D eigenvalue weighted by Gasteiger charge is 2.34. The van der Waals surface area contributed by atoms with Crippen molar-refractivity contribution in [2.45, 2.75) is 65.2 Å². The predicted molar refractivity (Wildman–Crippen MR) is 76.3 cm³/mol. The lowest BCUT2D eigenvalue weighted by Gasteiger charge is -2.38. The molecule has 0 saturated carbocycles. The lowest BCUT2D eigenvalue weighted by Crippen LogP contribution is -2.51. The Hall–Kier alpha value is -1.52. The van der Waals surface area contributed by atoms with Crippen molar-refractivity contribution < 1.29 is 19.1 Å². The maximum Gasteiger partial charge on any atom is 0.410 e. The van der Waals surface area contributed by atoms with Crippen molar-refractivity contribution in [3.63, 3.8) is 0 Å². The van der Waals surface area contributed by atoms with Crippen LogP contribution in [-0.4, -0.2) is 41.3 Å². The second-order valence-electron chi connectivity index (χ2n) is 5.96. The molecule has 0 radical (unpaired) electrons. The first-order valence-electron chi connectivity index (χ1n) is 7.06. The highest BCUT2D eigenvalue weighted by Crippen LogP contribution is 2.22. The zero-order chi connectivity index (χ0) is 15.3. The van der Waals surface area contributed by atoms with Crippen LogP contribution >= 0.6 is 0 Å². The van der Waals surface area contributed by atoms with Gasteiger partial charge in [-0.3, -0.25) is 9.69 Å². The largest absolute Gasteiger partial charge is 0.460 e. The number of hydrogen-bond donors (Lipinski definition) is 0. The molecule has 20 heavy (non-hydrogen) atoms. The highest BCUT2D eigenvalue weighted by molar-refractivity contribution is 5.69. The van der Waals surface area contributed by atoms with Gasteiger partial charge in [0.05, 0.1) is 6.04 Å². The molecule has 0 fully saturated rings. The van der Waals surface area contributed by atoms with Crippen molar-refractivity contribution in [1.82, 2.24) is 4.90 Å². The minimum absolute atomic E-state index is 0.163. The van der Waals surface area contributed by atoms with Gasteiger partial charge < -0.3 is 9.47 Å². The Morgan fingerprint density at radius 2 is 2.00 bits per heavy atom. The van der Waals surface area contributed by atoms with Gasteiger partial charge in [-0.1, -0.05) is 19.1 Å². The minimum Gasteiger partial charge on any atom is -0.460 e. The van der Waals surface area contributed by atoms with Gasteiger partial charge in [0.15, 0.2) is 0 Å². The van der Waals surface area contributed by atoms with E-state index in [4.69, 9.17) is 9.47 Å². The zero-order valence-electron chi connectivity index (χ0n) is 13.0. The molecule has 0 aromatic rings. The van der Waals surface area contributed by atoms with Crippen LogP contribution < -0.4 is 0 Å². The van der Waals surface area contributed by atoms with Crippen LogP contribution in [0.25, 0.3) is 0 Å². The van der Waals surface area contributed by atoms with Gasteiger partial charge in [-0.2, -0.15) is 0 Å². The maximum absolute atomic E-state index is 12.3. The van der Waals surface area contributed by atoms with Gasteiger partial charge in [-0.05, 0) is 33.6 Å². The van der Waals surface area contributed by atoms with E-state index in [0.29, 0.717) is 19.4 Å². The summed E-state index contributed by atoms with van der Waals surface area (Å²) in [7, 11) is 0. The smallest absolute Gasteiger partial charge is 0.410 e. The Labute approximate surface area is 120 Å². The first-order valence-corrected chi connectivity index (χ1v) is 7.06. The Balaban J connectivity index is 2.83. The molecule has 1 amide bonds. The van der Waals surface area contributed by atoms with Crippen LogP contribution in [0.2, 0.25) is 0 Å². The number of hydrogen-bond acceptors (Lipinski definition) is 4. The molecule has 2 atom stereocenters. The molecule has 0 aromatic carbocycles. The number of carbonyl (C=O) groups excluding carboxylic acids is 2. The fourth-order valence-electron chi connectivity index (χ4n) is 2.22. The fourth-order valence-corrected chi connectivity index (χ4v) is 2.22. The molecule has 0 aromatic heterocycles. The molecule has 0 aliphatic carbocycles. The molecule has 0 N–H and O–H groups in total. The lowest BCUT2D eigenvalue weighted by atomic mass is 10.0. The van der Waals surface area contributed by atoms with Crippen LogP contribution in [0.5, 0.6) is 0 Å². The SMILES string of the molecule is CC[C@H](OC(C)=O)[C@@H]1CC=CCN1C(=O)OC(C)(C)C. The third-order valence-electron chi connectivity index (χ3n) is 3.02. The van der Waals surface area contributed by atoms with E-state index in [-0.39, 0.29) is 24.2 Å². The molecular formula is C15H25NO4. The summed E-state index contributed by atoms with van der Waals surface area (Å²) in [5.74, 6) is -0.324. The van der Waals surface area contributed by atoms with E-state index < -0.39 is 5.60 Å². The summed E-state index contributed by atoms with van der Waals surface area (Å²) < 4.78 is 10.7. The van der Waals surface area contributed by atoms with E-state index in [2.05, 4.69) is 0 Å². The molecule has 5 heteroatoms. The van der Waals surface area contributed by atoms with Crippen molar-refractivity contribution in [3.8, 4) is 0 Å². The fraction of sp³-hybridized carbons (Fsp3) is 0.733. The standard InChI is InChI=1S/C15H25NO4/c1-6-13(19-11(2)17)12-9-7-8-10-16(12)14(18)20-15(3,4)5/h7-8,12-13H,6,9-10H2,1-5H3/t12-,13-/m0/s1. The van der Waals surface area contributed by atoms with Gasteiger partial charge in [-0.15, -0.1) is 0 Å². The van der Waals surface area contributed by atoms with E-state index in [1.807, 2.05) is 39.8 Å². The normalized spacial score (nSPS) is 20.4. The van der Waals surface area contributed by atoms with E-state index >= 15 is 0 Å². The van der Waals surface area contributed by atoms with Crippen molar-refractivity contribution in [1.29, 1.82) is 0 Å². The summed E-state index contributed by atoms with van der Waals surface area (Å²) in [6.07, 6.45) is 4.61. The first kappa shape index (κ1) is 16.5. The number of esters is 1. The molecule has 0 bridgehead atoms. The highest BCUT2D eigenvalue weighted by atomic mass is 16.6. The maximum atomic E-state index is 12.3. The zero-order valence-corrected chi connectivity index (χ0v) is 13.0. The van der Waals surface area contributed by atoms with Crippen molar-refractivity contribution in [2.24, 2.45) is 0 Å². The second-order valence-corrected chi connectivity index (χ2v) is 5.96. The van der Waals surface area contributed by atoms with Gasteiger partial charge >= 0.3 is 12.1 Å². The molecule has 5 nitrogen and oxygen atoms in total. The van der Waals surface area contributed by atoms with Crippen molar-refractivity contribution in [3.05, 3.63) is 12.2 Å². The molecule has 1 rings (SSSR count). The first-order chi connectivity index (χ1) is 9.24. The average Bonchev–Trinajstić information content (AvgIpc) is 2.33. The third kappa shape index (κ3) is 4.87. The number of carbonyl (C=O) groups is 2. The molecule has 0 spiro atoms. The monoisotopic (exact) mass is 283 g/mol. The summed E-state index contributed by atoms with van der Waals surface area (Å²) in [5, 5.41) is 0. The van der Waals surface area contributed by atoms with Crippen molar-refractivity contribution >= 4 is 12.1 Å². The average molecular weight is 283 g/mol. The molecule has 1 aliphatic heterocycles. The van der Waals surface area contributed by atoms with Crippen LogP contribution in [0.3, 0.4) is 0 Å². The quantitative estimate of drug-likeness (QED) is 0.590. The molecule has 114 valence electrons. The van der Waals surface area contributed by atoms with Crippen molar-refractivity contribution in [2.75, 3.05) is 6.54 Å². The Morgan fingerprint density at radius 1 is 1.35 bits per heavy atom. The number of ether oxygens (including phenoxy) is 2. The second kappa shape index (κ2) is 6.77. The Kier molecular flexibility index (Phi) is 5.60. The number of rotatable bonds is 3. The molecule has 1 heterocycles. The topological polar surface area (TPSA) is 55.8 Å². The van der Waals surface area contributed by atoms with Crippen LogP contribution in [0, 0.1) is 0 Å². The van der Waals surface area contributed by atoms with Gasteiger partial charge in [0.2, 0.25) is 0 Å². The van der Waals surface area contributed by atoms with Crippen LogP contribution in [0.1, 0.15) is 47.5 Å². The summed E-state index contributed by atoms with van der Waals surface area (Å²) >= 11 is 0. The summed E-state index contributed by atoms with van der Waals surface area (Å²) in [6.45, 7) is 9.32. The Morgan fingerprint density at radius 3 is 2.50 bits per heavy atom. The Bertz CT molecular complexity index is 384. The van der Waals surface area contributed by atoms with E-state index in [1.165, 1.54) is 6.92 Å². The molecule has 1 aliphatic rings. The molecule has 0 saturated heterocycles. The predicted octanol–water partition coefficient (Wildman–Crippen LogP) is 2.89. The van der Waals surface area contributed by atoms with Gasteiger partial charge in [0, 0.05) is 13.5 Å². The van der Waals surface area contributed by atoms with Gasteiger partial charge in [-0.25, -0.2) is 4.79 Å². The third-order valence-corrected chi connectivity index (χ3v) is 3.02. The summed E-state index contributed by atoms with van der Waals surface area (Å²) in [5.41, 5.74) is -0.536. The summed E-state index contributed by atoms with van der Waals surface area (Å²) in [4.78, 5) is 25.1. The summed E-state index contributed by atoms with van der Waals surface area (Å²) in [6, 6.07) is -0.163. The van der Waals surface area contributed by atoms with Crippen LogP contribution in [-0.2, 0) is 14.3 Å². The van der Waals surface area contributed by atoms with Crippen LogP contribution in [0.4, 0.5) is 4.79 Å². The molecule has 0 unspecified atom stereocenters. The lowest BCUT2D eigenvalue weighted by molar-refractivity contribution is -0.150. The molecular weight excluding hydrogens is 258 g/mol. The number of nitrogens with zero attached hydrogens (tertiary/aromatic N) is 1. The van der Waals surface area contributed by atoms with Gasteiger partial charge in [0.25, 0.3) is 0 Å².